The van der Waals surface area contributed by atoms with Crippen molar-refractivity contribution in [2.75, 3.05) is 5.32 Å². The maximum absolute atomic E-state index is 13.1. The molecule has 0 aromatic carbocycles. The Morgan fingerprint density at radius 2 is 2.15 bits per heavy atom. The van der Waals surface area contributed by atoms with Crippen molar-refractivity contribution in [3.8, 4) is 0 Å². The van der Waals surface area contributed by atoms with E-state index in [1.807, 2.05) is 18.3 Å². The first-order chi connectivity index (χ1) is 15.9. The predicted octanol–water partition coefficient (Wildman–Crippen LogP) is 3.30. The average molecular weight is 468 g/mol. The smallest absolute Gasteiger partial charge is 0.275 e. The van der Waals surface area contributed by atoms with Crippen LogP contribution in [0.1, 0.15) is 42.6 Å². The topological polar surface area (TPSA) is 109 Å². The number of carbonyl (C=O) groups excluding carboxylic acids is 2. The molecule has 33 heavy (non-hydrogen) atoms. The number of nitrogens with one attached hydrogen (secondary N) is 3. The molecule has 1 atom stereocenters. The van der Waals surface area contributed by atoms with Crippen molar-refractivity contribution in [1.29, 1.82) is 0 Å². The number of rotatable bonds is 6. The third kappa shape index (κ3) is 4.15. The number of hydrogen-bond acceptors (Lipinski definition) is 4. The van der Waals surface area contributed by atoms with Gasteiger partial charge in [0.05, 0.1) is 29.0 Å². The van der Waals surface area contributed by atoms with Crippen LogP contribution in [0.15, 0.2) is 29.3 Å². The van der Waals surface area contributed by atoms with Crippen molar-refractivity contribution < 1.29 is 9.59 Å². The highest BCUT2D eigenvalue weighted by Gasteiger charge is 2.34. The molecule has 4 heterocycles. The summed E-state index contributed by atoms with van der Waals surface area (Å²) in [5.41, 5.74) is 2.66. The molecular weight excluding hydrogens is 442 g/mol. The van der Waals surface area contributed by atoms with Gasteiger partial charge in [-0.25, -0.2) is 0 Å². The lowest BCUT2D eigenvalue weighted by Gasteiger charge is -2.32. The van der Waals surface area contributed by atoms with Crippen LogP contribution in [0.5, 0.6) is 0 Å². The summed E-state index contributed by atoms with van der Waals surface area (Å²) in [5.74, 6) is -0.0485. The summed E-state index contributed by atoms with van der Waals surface area (Å²) in [6.45, 7) is 1.79. The summed E-state index contributed by atoms with van der Waals surface area (Å²) in [7, 11) is 0. The van der Waals surface area contributed by atoms with Crippen LogP contribution in [0, 0.1) is 18.8 Å². The van der Waals surface area contributed by atoms with E-state index in [-0.39, 0.29) is 36.5 Å². The Balaban J connectivity index is 1.31. The minimum absolute atomic E-state index is 0.131. The Hall–Kier alpha value is -3.13. The molecular formula is C24H26ClN5O3. The van der Waals surface area contributed by atoms with Crippen LogP contribution in [-0.2, 0) is 29.1 Å². The fourth-order valence-corrected chi connectivity index (χ4v) is 5.01. The van der Waals surface area contributed by atoms with Gasteiger partial charge in [0.15, 0.2) is 0 Å². The number of hydrogen-bond donors (Lipinski definition) is 3. The molecule has 9 heteroatoms. The van der Waals surface area contributed by atoms with Gasteiger partial charge in [0.1, 0.15) is 12.2 Å². The normalized spacial score (nSPS) is 18.0. The summed E-state index contributed by atoms with van der Waals surface area (Å²) in [5, 5.41) is 7.04. The van der Waals surface area contributed by atoms with E-state index in [2.05, 4.69) is 20.6 Å². The van der Waals surface area contributed by atoms with Gasteiger partial charge in [-0.1, -0.05) is 30.9 Å². The first-order valence-corrected chi connectivity index (χ1v) is 11.7. The lowest BCUT2D eigenvalue weighted by atomic mass is 9.76. The predicted molar refractivity (Wildman–Crippen MR) is 126 cm³/mol. The molecule has 0 spiro atoms. The zero-order valence-corrected chi connectivity index (χ0v) is 19.2. The molecule has 2 aliphatic rings. The van der Waals surface area contributed by atoms with Crippen LogP contribution in [0.25, 0.3) is 10.9 Å². The Kier molecular flexibility index (Phi) is 5.70. The van der Waals surface area contributed by atoms with Gasteiger partial charge in [0.25, 0.3) is 5.56 Å². The third-order valence-corrected chi connectivity index (χ3v) is 7.42. The van der Waals surface area contributed by atoms with E-state index in [9.17, 15) is 14.4 Å². The number of aromatic nitrogens is 3. The van der Waals surface area contributed by atoms with Crippen LogP contribution in [0.2, 0.25) is 5.02 Å². The zero-order chi connectivity index (χ0) is 23.1. The van der Waals surface area contributed by atoms with Gasteiger partial charge in [0.2, 0.25) is 11.8 Å². The highest BCUT2D eigenvalue weighted by molar-refractivity contribution is 6.32. The van der Waals surface area contributed by atoms with E-state index >= 15 is 0 Å². The Morgan fingerprint density at radius 3 is 2.91 bits per heavy atom. The second-order valence-corrected chi connectivity index (χ2v) is 9.46. The van der Waals surface area contributed by atoms with Gasteiger partial charge in [-0.05, 0) is 37.8 Å². The Bertz CT molecular complexity index is 1310. The maximum atomic E-state index is 13.1. The second kappa shape index (κ2) is 8.67. The van der Waals surface area contributed by atoms with Crippen LogP contribution in [0.4, 0.5) is 5.69 Å². The average Bonchev–Trinajstić information content (AvgIpc) is 3.24. The van der Waals surface area contributed by atoms with E-state index in [4.69, 9.17) is 11.6 Å². The SMILES string of the molecule is Cc1c(Cl)c2c(c(=O)n1CC(=O)NCc1cc3cc[nH]c3cn1)NC(=O)C(CC1CCC1)C2. The van der Waals surface area contributed by atoms with Gasteiger partial charge in [-0.15, -0.1) is 0 Å². The van der Waals surface area contributed by atoms with Gasteiger partial charge < -0.3 is 20.2 Å². The van der Waals surface area contributed by atoms with Crippen molar-refractivity contribution in [2.45, 2.75) is 52.1 Å². The number of H-pyrrole nitrogens is 1. The first-order valence-electron chi connectivity index (χ1n) is 11.3. The molecule has 3 aromatic heterocycles. The van der Waals surface area contributed by atoms with Crippen LogP contribution in [-0.4, -0.2) is 26.3 Å². The van der Waals surface area contributed by atoms with Crippen molar-refractivity contribution >= 4 is 40.0 Å². The number of aromatic amines is 1. The molecule has 5 rings (SSSR count). The molecule has 0 radical (unpaired) electrons. The molecule has 1 unspecified atom stereocenters. The number of nitrogens with zero attached hydrogens (tertiary/aromatic N) is 2. The minimum Gasteiger partial charge on any atom is -0.360 e. The molecule has 0 bridgehead atoms. The van der Waals surface area contributed by atoms with E-state index in [1.165, 1.54) is 11.0 Å². The van der Waals surface area contributed by atoms with E-state index in [0.29, 0.717) is 34.3 Å². The molecule has 1 fully saturated rings. The standard InChI is InChI=1S/C24H26ClN5O3/c1-13-21(25)18-9-16(7-14-3-2-4-14)23(32)29-22(18)24(33)30(13)12-20(31)28-10-17-8-15-5-6-26-19(15)11-27-17/h5-6,8,11,14,16,26H,2-4,7,9-10,12H2,1H3,(H,28,31)(H,29,32). The Labute approximate surface area is 195 Å². The molecule has 3 aromatic rings. The van der Waals surface area contributed by atoms with E-state index < -0.39 is 5.56 Å². The zero-order valence-electron chi connectivity index (χ0n) is 18.4. The van der Waals surface area contributed by atoms with Crippen LogP contribution < -0.4 is 16.2 Å². The van der Waals surface area contributed by atoms with Gasteiger partial charge in [-0.2, -0.15) is 0 Å². The fraction of sp³-hybridized carbons (Fsp3) is 0.417. The van der Waals surface area contributed by atoms with E-state index in [0.717, 1.165) is 30.2 Å². The highest BCUT2D eigenvalue weighted by Crippen LogP contribution is 2.38. The van der Waals surface area contributed by atoms with Crippen molar-refractivity contribution in [3.63, 3.8) is 0 Å². The number of halogens is 1. The lowest BCUT2D eigenvalue weighted by molar-refractivity contribution is -0.122. The van der Waals surface area contributed by atoms with Crippen LogP contribution >= 0.6 is 11.6 Å². The minimum atomic E-state index is -0.399. The maximum Gasteiger partial charge on any atom is 0.275 e. The monoisotopic (exact) mass is 467 g/mol. The van der Waals surface area contributed by atoms with Crippen molar-refractivity contribution in [1.82, 2.24) is 19.9 Å². The fourth-order valence-electron chi connectivity index (χ4n) is 4.74. The number of amides is 2. The van der Waals surface area contributed by atoms with Crippen molar-refractivity contribution in [2.24, 2.45) is 11.8 Å². The third-order valence-electron chi connectivity index (χ3n) is 6.92. The molecule has 1 aliphatic carbocycles. The number of pyridine rings is 2. The second-order valence-electron chi connectivity index (χ2n) is 9.08. The summed E-state index contributed by atoms with van der Waals surface area (Å²) < 4.78 is 1.33. The first kappa shape index (κ1) is 21.7. The molecule has 8 nitrogen and oxygen atoms in total. The van der Waals surface area contributed by atoms with Gasteiger partial charge >= 0.3 is 0 Å². The van der Waals surface area contributed by atoms with Gasteiger partial charge in [-0.3, -0.25) is 19.4 Å². The summed E-state index contributed by atoms with van der Waals surface area (Å²) >= 11 is 6.63. The summed E-state index contributed by atoms with van der Waals surface area (Å²) in [4.78, 5) is 45.8. The number of fused-ring (bicyclic) bond motifs is 2. The molecule has 1 saturated carbocycles. The summed E-state index contributed by atoms with van der Waals surface area (Å²) in [6, 6.07) is 3.83. The summed E-state index contributed by atoms with van der Waals surface area (Å²) in [6.07, 6.45) is 8.39. The number of anilines is 1. The molecule has 3 N–H and O–H groups in total. The molecule has 1 aliphatic heterocycles. The lowest BCUT2D eigenvalue weighted by Crippen LogP contribution is -2.40. The largest absolute Gasteiger partial charge is 0.360 e. The van der Waals surface area contributed by atoms with Crippen molar-refractivity contribution in [3.05, 3.63) is 56.9 Å². The molecule has 0 saturated heterocycles. The van der Waals surface area contributed by atoms with Gasteiger partial charge in [0, 0.05) is 28.8 Å². The Morgan fingerprint density at radius 1 is 1.33 bits per heavy atom. The van der Waals surface area contributed by atoms with E-state index in [1.54, 1.807) is 13.1 Å². The quantitative estimate of drug-likeness (QED) is 0.516. The highest BCUT2D eigenvalue weighted by atomic mass is 35.5. The van der Waals surface area contributed by atoms with Crippen LogP contribution in [0.3, 0.4) is 0 Å². The number of carbonyl (C=O) groups is 2. The molecule has 172 valence electrons. The molecule has 2 amide bonds.